The van der Waals surface area contributed by atoms with Crippen molar-refractivity contribution in [3.63, 3.8) is 0 Å². The zero-order valence-electron chi connectivity index (χ0n) is 8.41. The number of thiophene rings is 1. The molecule has 3 aromatic rings. The summed E-state index contributed by atoms with van der Waals surface area (Å²) >= 11 is 15.0. The lowest BCUT2D eigenvalue weighted by Crippen LogP contribution is -1.81. The van der Waals surface area contributed by atoms with Gasteiger partial charge in [-0.15, -0.1) is 22.7 Å². The highest BCUT2D eigenvalue weighted by Gasteiger charge is 2.13. The van der Waals surface area contributed by atoms with Gasteiger partial charge in [0.25, 0.3) is 0 Å². The summed E-state index contributed by atoms with van der Waals surface area (Å²) in [7, 11) is 0. The molecule has 2 nitrogen and oxygen atoms in total. The molecule has 2 N–H and O–H groups in total. The van der Waals surface area contributed by atoms with Gasteiger partial charge >= 0.3 is 0 Å². The first-order valence-corrected chi connectivity index (χ1v) is 7.13. The molecule has 0 unspecified atom stereocenters. The minimum absolute atomic E-state index is 0.669. The standard InChI is InChI=1S/C11H6Cl2N2S2/c12-9-4-6(10(13)17-9)11-15-7-2-1-5(14)3-8(7)16-11/h1-4H,14H2. The second kappa shape index (κ2) is 4.14. The SMILES string of the molecule is Nc1ccc2nc(-c3cc(Cl)sc3Cl)sc2c1. The Balaban J connectivity index is 2.21. The van der Waals surface area contributed by atoms with Gasteiger partial charge in [-0.25, -0.2) is 4.98 Å². The topological polar surface area (TPSA) is 38.9 Å². The highest BCUT2D eigenvalue weighted by Crippen LogP contribution is 2.41. The van der Waals surface area contributed by atoms with Gasteiger partial charge in [-0.3, -0.25) is 0 Å². The van der Waals surface area contributed by atoms with Crippen LogP contribution >= 0.6 is 45.9 Å². The van der Waals surface area contributed by atoms with Crippen LogP contribution in [-0.2, 0) is 0 Å². The molecule has 17 heavy (non-hydrogen) atoms. The summed E-state index contributed by atoms with van der Waals surface area (Å²) in [5.74, 6) is 0. The molecule has 2 heterocycles. The second-order valence-corrected chi connectivity index (χ2v) is 6.80. The lowest BCUT2D eigenvalue weighted by atomic mass is 10.3. The molecule has 0 atom stereocenters. The minimum Gasteiger partial charge on any atom is -0.399 e. The summed E-state index contributed by atoms with van der Waals surface area (Å²) < 4.78 is 2.39. The van der Waals surface area contributed by atoms with Crippen LogP contribution in [0.5, 0.6) is 0 Å². The van der Waals surface area contributed by atoms with E-state index >= 15 is 0 Å². The molecule has 0 aliphatic carbocycles. The zero-order valence-corrected chi connectivity index (χ0v) is 11.6. The van der Waals surface area contributed by atoms with Crippen LogP contribution < -0.4 is 5.73 Å². The molecule has 0 bridgehead atoms. The zero-order chi connectivity index (χ0) is 12.0. The molecular weight excluding hydrogens is 295 g/mol. The van der Waals surface area contributed by atoms with Gasteiger partial charge in [0.05, 0.1) is 14.6 Å². The first-order valence-electron chi connectivity index (χ1n) is 4.75. The van der Waals surface area contributed by atoms with Gasteiger partial charge in [0, 0.05) is 11.3 Å². The van der Waals surface area contributed by atoms with E-state index in [9.17, 15) is 0 Å². The third-order valence-corrected chi connectivity index (χ3v) is 4.84. The fourth-order valence-corrected chi connectivity index (χ4v) is 4.17. The molecule has 0 amide bonds. The van der Waals surface area contributed by atoms with Crippen LogP contribution in [0.2, 0.25) is 8.67 Å². The van der Waals surface area contributed by atoms with Crippen LogP contribution in [0.15, 0.2) is 24.3 Å². The molecule has 6 heteroatoms. The molecule has 3 rings (SSSR count). The predicted octanol–water partition coefficient (Wildman–Crippen LogP) is 4.91. The summed E-state index contributed by atoms with van der Waals surface area (Å²) in [5.41, 5.74) is 8.30. The molecule has 0 saturated carbocycles. The fourth-order valence-electron chi connectivity index (χ4n) is 1.54. The van der Waals surface area contributed by atoms with Crippen LogP contribution in [0.4, 0.5) is 5.69 Å². The Bertz CT molecular complexity index is 703. The summed E-state index contributed by atoms with van der Waals surface area (Å²) in [6.45, 7) is 0. The van der Waals surface area contributed by atoms with E-state index < -0.39 is 0 Å². The van der Waals surface area contributed by atoms with Crippen molar-refractivity contribution in [1.82, 2.24) is 4.98 Å². The first kappa shape index (κ1) is 11.3. The maximum absolute atomic E-state index is 6.11. The van der Waals surface area contributed by atoms with Crippen molar-refractivity contribution in [1.29, 1.82) is 0 Å². The van der Waals surface area contributed by atoms with Crippen molar-refractivity contribution in [2.45, 2.75) is 0 Å². The molecule has 0 radical (unpaired) electrons. The molecule has 0 fully saturated rings. The van der Waals surface area contributed by atoms with Crippen molar-refractivity contribution in [2.75, 3.05) is 5.73 Å². The van der Waals surface area contributed by atoms with Gasteiger partial charge in [0.2, 0.25) is 0 Å². The Morgan fingerprint density at radius 1 is 1.12 bits per heavy atom. The molecule has 86 valence electrons. The predicted molar refractivity (Wildman–Crippen MR) is 77.4 cm³/mol. The third kappa shape index (κ3) is 2.02. The number of halogens is 2. The van der Waals surface area contributed by atoms with Crippen LogP contribution in [0, 0.1) is 0 Å². The quantitative estimate of drug-likeness (QED) is 0.648. The van der Waals surface area contributed by atoms with E-state index in [1.807, 2.05) is 24.3 Å². The molecule has 1 aromatic carbocycles. The normalized spacial score (nSPS) is 11.2. The molecule has 0 saturated heterocycles. The number of hydrogen-bond donors (Lipinski definition) is 1. The highest BCUT2D eigenvalue weighted by atomic mass is 35.5. The molecule has 0 spiro atoms. The van der Waals surface area contributed by atoms with E-state index in [0.29, 0.717) is 8.67 Å². The number of thiazole rings is 1. The minimum atomic E-state index is 0.669. The number of rotatable bonds is 1. The number of fused-ring (bicyclic) bond motifs is 1. The molecule has 0 aliphatic rings. The number of nitrogens with zero attached hydrogens (tertiary/aromatic N) is 1. The number of hydrogen-bond acceptors (Lipinski definition) is 4. The highest BCUT2D eigenvalue weighted by molar-refractivity contribution is 7.23. The van der Waals surface area contributed by atoms with E-state index in [1.165, 1.54) is 11.3 Å². The van der Waals surface area contributed by atoms with E-state index in [0.717, 1.165) is 26.5 Å². The summed E-state index contributed by atoms with van der Waals surface area (Å²) in [6.07, 6.45) is 0. The average molecular weight is 301 g/mol. The van der Waals surface area contributed by atoms with Crippen molar-refractivity contribution in [3.05, 3.63) is 32.9 Å². The van der Waals surface area contributed by atoms with Gasteiger partial charge in [-0.05, 0) is 24.3 Å². The average Bonchev–Trinajstić information content (AvgIpc) is 2.80. The number of nitrogen functional groups attached to an aromatic ring is 1. The lowest BCUT2D eigenvalue weighted by molar-refractivity contribution is 1.49. The van der Waals surface area contributed by atoms with Gasteiger partial charge in [0.1, 0.15) is 9.34 Å². The van der Waals surface area contributed by atoms with Crippen LogP contribution in [-0.4, -0.2) is 4.98 Å². The molecule has 0 aliphatic heterocycles. The summed E-state index contributed by atoms with van der Waals surface area (Å²) in [6, 6.07) is 7.51. The Kier molecular flexibility index (Phi) is 2.75. The second-order valence-electron chi connectivity index (χ2n) is 3.48. The molecular formula is C11H6Cl2N2S2. The monoisotopic (exact) mass is 300 g/mol. The smallest absolute Gasteiger partial charge is 0.127 e. The molecule has 2 aromatic heterocycles. The van der Waals surface area contributed by atoms with E-state index in [2.05, 4.69) is 4.98 Å². The van der Waals surface area contributed by atoms with Crippen molar-refractivity contribution < 1.29 is 0 Å². The van der Waals surface area contributed by atoms with Crippen LogP contribution in [0.25, 0.3) is 20.8 Å². The van der Waals surface area contributed by atoms with Gasteiger partial charge in [-0.2, -0.15) is 0 Å². The van der Waals surface area contributed by atoms with Crippen molar-refractivity contribution in [2.24, 2.45) is 0 Å². The van der Waals surface area contributed by atoms with E-state index in [1.54, 1.807) is 11.3 Å². The van der Waals surface area contributed by atoms with E-state index in [-0.39, 0.29) is 0 Å². The van der Waals surface area contributed by atoms with Gasteiger partial charge in [-0.1, -0.05) is 23.2 Å². The van der Waals surface area contributed by atoms with E-state index in [4.69, 9.17) is 28.9 Å². The Labute approximate surface area is 116 Å². The van der Waals surface area contributed by atoms with Crippen LogP contribution in [0.1, 0.15) is 0 Å². The first-order chi connectivity index (χ1) is 8.13. The Hall–Kier alpha value is -0.810. The van der Waals surface area contributed by atoms with Crippen molar-refractivity contribution >= 4 is 61.8 Å². The summed E-state index contributed by atoms with van der Waals surface area (Å²) in [4.78, 5) is 4.52. The largest absolute Gasteiger partial charge is 0.399 e. The maximum Gasteiger partial charge on any atom is 0.127 e. The fraction of sp³-hybridized carbons (Fsp3) is 0. The Morgan fingerprint density at radius 2 is 1.94 bits per heavy atom. The maximum atomic E-state index is 6.11. The van der Waals surface area contributed by atoms with Gasteiger partial charge in [0.15, 0.2) is 0 Å². The number of aromatic nitrogens is 1. The van der Waals surface area contributed by atoms with Crippen molar-refractivity contribution in [3.8, 4) is 10.6 Å². The van der Waals surface area contributed by atoms with Gasteiger partial charge < -0.3 is 5.73 Å². The number of nitrogens with two attached hydrogens (primary N) is 1. The number of anilines is 1. The number of benzene rings is 1. The summed E-state index contributed by atoms with van der Waals surface area (Å²) in [5, 5.41) is 0.874. The van der Waals surface area contributed by atoms with Crippen LogP contribution in [0.3, 0.4) is 0 Å². The third-order valence-electron chi connectivity index (χ3n) is 2.30. The Morgan fingerprint density at radius 3 is 2.65 bits per heavy atom. The lowest BCUT2D eigenvalue weighted by Gasteiger charge is -1.89.